The van der Waals surface area contributed by atoms with Crippen LogP contribution in [-0.2, 0) is 29.0 Å². The molecule has 206 valence electrons. The van der Waals surface area contributed by atoms with Crippen LogP contribution in [0.2, 0.25) is 0 Å². The zero-order valence-electron chi connectivity index (χ0n) is 23.3. The van der Waals surface area contributed by atoms with Crippen LogP contribution in [0.5, 0.6) is 11.5 Å². The number of amides is 2. The van der Waals surface area contributed by atoms with E-state index >= 15 is 0 Å². The Labute approximate surface area is 232 Å². The molecular formula is C33H40N2O4. The second kappa shape index (κ2) is 13.8. The van der Waals surface area contributed by atoms with Crippen LogP contribution in [0.3, 0.4) is 0 Å². The van der Waals surface area contributed by atoms with Crippen molar-refractivity contribution in [1.82, 2.24) is 10.2 Å². The molecule has 6 heteroatoms. The molecule has 3 aromatic carbocycles. The maximum atomic E-state index is 13.9. The highest BCUT2D eigenvalue weighted by atomic mass is 16.5. The van der Waals surface area contributed by atoms with Gasteiger partial charge in [0, 0.05) is 25.4 Å². The average molecular weight is 529 g/mol. The maximum Gasteiger partial charge on any atom is 0.243 e. The van der Waals surface area contributed by atoms with Crippen molar-refractivity contribution in [2.24, 2.45) is 0 Å². The van der Waals surface area contributed by atoms with E-state index in [2.05, 4.69) is 11.4 Å². The number of aryl methyl sites for hydroxylation is 2. The summed E-state index contributed by atoms with van der Waals surface area (Å²) in [7, 11) is 3.21. The molecule has 0 radical (unpaired) electrons. The van der Waals surface area contributed by atoms with Gasteiger partial charge in [-0.25, -0.2) is 0 Å². The van der Waals surface area contributed by atoms with Gasteiger partial charge in [0.2, 0.25) is 11.8 Å². The molecule has 2 amide bonds. The molecule has 1 aliphatic carbocycles. The average Bonchev–Trinajstić information content (AvgIpc) is 3.47. The molecule has 1 atom stereocenters. The largest absolute Gasteiger partial charge is 0.493 e. The fourth-order valence-corrected chi connectivity index (χ4v) is 5.36. The van der Waals surface area contributed by atoms with Gasteiger partial charge in [-0.15, -0.1) is 0 Å². The molecule has 0 bridgehead atoms. The minimum Gasteiger partial charge on any atom is -0.493 e. The van der Waals surface area contributed by atoms with Gasteiger partial charge < -0.3 is 19.7 Å². The van der Waals surface area contributed by atoms with Gasteiger partial charge in [0.1, 0.15) is 6.04 Å². The van der Waals surface area contributed by atoms with Gasteiger partial charge in [0.15, 0.2) is 11.5 Å². The third-order valence-corrected chi connectivity index (χ3v) is 7.48. The fraction of sp³-hybridized carbons (Fsp3) is 0.394. The summed E-state index contributed by atoms with van der Waals surface area (Å²) < 4.78 is 10.8. The first-order chi connectivity index (χ1) is 19.0. The van der Waals surface area contributed by atoms with Crippen molar-refractivity contribution < 1.29 is 19.1 Å². The number of rotatable bonds is 12. The predicted octanol–water partition coefficient (Wildman–Crippen LogP) is 5.64. The van der Waals surface area contributed by atoms with E-state index in [0.29, 0.717) is 30.9 Å². The molecule has 0 saturated heterocycles. The van der Waals surface area contributed by atoms with Gasteiger partial charge in [0.25, 0.3) is 0 Å². The minimum absolute atomic E-state index is 0.0474. The fourth-order valence-electron chi connectivity index (χ4n) is 5.36. The number of ether oxygens (including phenoxy) is 2. The number of nitrogens with zero attached hydrogens (tertiary/aromatic N) is 1. The van der Waals surface area contributed by atoms with E-state index in [0.717, 1.165) is 47.9 Å². The van der Waals surface area contributed by atoms with E-state index in [4.69, 9.17) is 9.47 Å². The van der Waals surface area contributed by atoms with Crippen molar-refractivity contribution in [2.75, 3.05) is 14.2 Å². The molecule has 1 N–H and O–H groups in total. The number of methoxy groups -OCH3 is 2. The normalized spacial score (nSPS) is 14.0. The molecule has 1 unspecified atom stereocenters. The van der Waals surface area contributed by atoms with Crippen LogP contribution < -0.4 is 14.8 Å². The maximum absolute atomic E-state index is 13.9. The number of hydrogen-bond acceptors (Lipinski definition) is 4. The van der Waals surface area contributed by atoms with Crippen molar-refractivity contribution in [3.63, 3.8) is 0 Å². The topological polar surface area (TPSA) is 67.9 Å². The Morgan fingerprint density at radius 3 is 2.28 bits per heavy atom. The van der Waals surface area contributed by atoms with Crippen molar-refractivity contribution in [3.8, 4) is 11.5 Å². The van der Waals surface area contributed by atoms with Crippen molar-refractivity contribution in [3.05, 3.63) is 95.1 Å². The zero-order chi connectivity index (χ0) is 27.6. The first-order valence-corrected chi connectivity index (χ1v) is 13.9. The number of hydrogen-bond donors (Lipinski definition) is 1. The SMILES string of the molecule is COc1ccc(CCC(=O)N(Cc2cccc(C)c2)C(Cc2ccccc2)C(=O)NC2CCCC2)cc1OC. The lowest BCUT2D eigenvalue weighted by Gasteiger charge is -2.32. The molecule has 1 aliphatic rings. The smallest absolute Gasteiger partial charge is 0.243 e. The van der Waals surface area contributed by atoms with Crippen LogP contribution in [0.15, 0.2) is 72.8 Å². The second-order valence-corrected chi connectivity index (χ2v) is 10.4. The summed E-state index contributed by atoms with van der Waals surface area (Å²) in [6, 6.07) is 23.4. The van der Waals surface area contributed by atoms with E-state index in [9.17, 15) is 9.59 Å². The molecule has 39 heavy (non-hydrogen) atoms. The Bertz CT molecular complexity index is 1240. The highest BCUT2D eigenvalue weighted by Crippen LogP contribution is 2.28. The highest BCUT2D eigenvalue weighted by Gasteiger charge is 2.32. The summed E-state index contributed by atoms with van der Waals surface area (Å²) in [5, 5.41) is 3.27. The van der Waals surface area contributed by atoms with E-state index in [1.807, 2.05) is 73.7 Å². The first kappa shape index (κ1) is 28.2. The van der Waals surface area contributed by atoms with Crippen LogP contribution in [0.1, 0.15) is 54.4 Å². The van der Waals surface area contributed by atoms with E-state index in [1.165, 1.54) is 0 Å². The molecule has 0 aliphatic heterocycles. The Morgan fingerprint density at radius 1 is 0.872 bits per heavy atom. The molecule has 0 spiro atoms. The van der Waals surface area contributed by atoms with Crippen LogP contribution in [0.25, 0.3) is 0 Å². The minimum atomic E-state index is -0.605. The summed E-state index contributed by atoms with van der Waals surface area (Å²) in [4.78, 5) is 29.5. The number of carbonyl (C=O) groups excluding carboxylic acids is 2. The van der Waals surface area contributed by atoms with E-state index < -0.39 is 6.04 Å². The molecule has 1 fully saturated rings. The van der Waals surface area contributed by atoms with Crippen molar-refractivity contribution >= 4 is 11.8 Å². The van der Waals surface area contributed by atoms with Gasteiger partial charge in [-0.05, 0) is 55.0 Å². The number of benzene rings is 3. The Hall–Kier alpha value is -3.80. The molecule has 1 saturated carbocycles. The molecule has 0 heterocycles. The Morgan fingerprint density at radius 2 is 1.59 bits per heavy atom. The number of nitrogens with one attached hydrogen (secondary N) is 1. The Balaban J connectivity index is 1.61. The summed E-state index contributed by atoms with van der Waals surface area (Å²) in [5.74, 6) is 1.17. The van der Waals surface area contributed by atoms with Crippen molar-refractivity contribution in [1.29, 1.82) is 0 Å². The summed E-state index contributed by atoms with van der Waals surface area (Å²) in [5.41, 5.74) is 4.15. The first-order valence-electron chi connectivity index (χ1n) is 13.9. The molecular weight excluding hydrogens is 488 g/mol. The second-order valence-electron chi connectivity index (χ2n) is 10.4. The van der Waals surface area contributed by atoms with Crippen LogP contribution >= 0.6 is 0 Å². The summed E-state index contributed by atoms with van der Waals surface area (Å²) in [6.07, 6.45) is 5.53. The monoisotopic (exact) mass is 528 g/mol. The third-order valence-electron chi connectivity index (χ3n) is 7.48. The van der Waals surface area contributed by atoms with Gasteiger partial charge in [-0.2, -0.15) is 0 Å². The highest BCUT2D eigenvalue weighted by molar-refractivity contribution is 5.88. The van der Waals surface area contributed by atoms with Gasteiger partial charge in [-0.1, -0.05) is 79.1 Å². The van der Waals surface area contributed by atoms with Crippen LogP contribution in [-0.4, -0.2) is 43.0 Å². The third kappa shape index (κ3) is 7.85. The molecule has 0 aromatic heterocycles. The van der Waals surface area contributed by atoms with E-state index in [1.54, 1.807) is 19.1 Å². The predicted molar refractivity (Wildman–Crippen MR) is 154 cm³/mol. The standard InChI is InChI=1S/C33H40N2O4/c1-24-10-9-13-27(20-24)23-35(32(36)19-17-26-16-18-30(38-2)31(22-26)39-3)29(21-25-11-5-4-6-12-25)33(37)34-28-14-7-8-15-28/h4-6,9-13,16,18,20,22,28-29H,7-8,14-15,17,19,21,23H2,1-3H3,(H,34,37). The molecule has 3 aromatic rings. The van der Waals surface area contributed by atoms with Crippen molar-refractivity contribution in [2.45, 2.75) is 70.5 Å². The summed E-state index contributed by atoms with van der Waals surface area (Å²) in [6.45, 7) is 2.42. The van der Waals surface area contributed by atoms with Crippen LogP contribution in [0, 0.1) is 6.92 Å². The lowest BCUT2D eigenvalue weighted by molar-refractivity contribution is -0.141. The molecule has 6 nitrogen and oxygen atoms in total. The van der Waals surface area contributed by atoms with E-state index in [-0.39, 0.29) is 24.3 Å². The molecule has 4 rings (SSSR count). The lowest BCUT2D eigenvalue weighted by Crippen LogP contribution is -2.52. The zero-order valence-corrected chi connectivity index (χ0v) is 23.3. The summed E-state index contributed by atoms with van der Waals surface area (Å²) >= 11 is 0. The van der Waals surface area contributed by atoms with Gasteiger partial charge in [-0.3, -0.25) is 9.59 Å². The van der Waals surface area contributed by atoms with Gasteiger partial charge >= 0.3 is 0 Å². The number of carbonyl (C=O) groups is 2. The van der Waals surface area contributed by atoms with Crippen LogP contribution in [0.4, 0.5) is 0 Å². The lowest BCUT2D eigenvalue weighted by atomic mass is 10.0. The quantitative estimate of drug-likeness (QED) is 0.330. The Kier molecular flexibility index (Phi) is 10.0. The van der Waals surface area contributed by atoms with Gasteiger partial charge in [0.05, 0.1) is 14.2 Å².